The molecule has 4 nitrogen and oxygen atoms in total. The quantitative estimate of drug-likeness (QED) is 0.573. The highest BCUT2D eigenvalue weighted by Crippen LogP contribution is 2.26. The average Bonchev–Trinajstić information content (AvgIpc) is 3.11. The van der Waals surface area contributed by atoms with Crippen molar-refractivity contribution in [1.29, 1.82) is 0 Å². The number of hydrogen-bond acceptors (Lipinski definition) is 3. The Hall–Kier alpha value is -3.01. The summed E-state index contributed by atoms with van der Waals surface area (Å²) in [5, 5.41) is 10.9. The van der Waals surface area contributed by atoms with Crippen LogP contribution in [-0.2, 0) is 6.42 Å². The first-order valence-corrected chi connectivity index (χ1v) is 7.70. The Kier molecular flexibility index (Phi) is 3.35. The minimum absolute atomic E-state index is 0.865. The van der Waals surface area contributed by atoms with E-state index in [1.807, 2.05) is 35.3 Å². The highest BCUT2D eigenvalue weighted by molar-refractivity contribution is 5.95. The first-order chi connectivity index (χ1) is 11.3. The lowest BCUT2D eigenvalue weighted by molar-refractivity contribution is 0.802. The molecule has 4 heteroatoms. The van der Waals surface area contributed by atoms with E-state index in [1.54, 1.807) is 6.20 Å². The van der Waals surface area contributed by atoms with Crippen LogP contribution in [0.1, 0.15) is 12.5 Å². The first kappa shape index (κ1) is 13.6. The van der Waals surface area contributed by atoms with Crippen molar-refractivity contribution in [1.82, 2.24) is 20.0 Å². The highest BCUT2D eigenvalue weighted by Gasteiger charge is 2.09. The number of pyridine rings is 1. The normalized spacial score (nSPS) is 11.0. The number of aromatic nitrogens is 4. The van der Waals surface area contributed by atoms with Gasteiger partial charge in [-0.25, -0.2) is 4.68 Å². The van der Waals surface area contributed by atoms with Gasteiger partial charge in [-0.3, -0.25) is 4.98 Å². The highest BCUT2D eigenvalue weighted by atomic mass is 15.4. The van der Waals surface area contributed by atoms with E-state index in [4.69, 9.17) is 0 Å². The van der Waals surface area contributed by atoms with Crippen molar-refractivity contribution in [3.63, 3.8) is 0 Å². The lowest BCUT2D eigenvalue weighted by atomic mass is 10.0. The van der Waals surface area contributed by atoms with Crippen LogP contribution in [-0.4, -0.2) is 20.0 Å². The maximum Gasteiger partial charge on any atom is 0.114 e. The molecule has 0 saturated heterocycles. The van der Waals surface area contributed by atoms with Crippen molar-refractivity contribution in [2.24, 2.45) is 0 Å². The molecule has 0 spiro atoms. The van der Waals surface area contributed by atoms with Crippen LogP contribution < -0.4 is 0 Å². The third-order valence-electron chi connectivity index (χ3n) is 4.03. The maximum absolute atomic E-state index is 4.36. The second-order valence-electron chi connectivity index (χ2n) is 5.47. The van der Waals surface area contributed by atoms with E-state index < -0.39 is 0 Å². The minimum Gasteiger partial charge on any atom is -0.264 e. The lowest BCUT2D eigenvalue weighted by Crippen LogP contribution is -1.95. The summed E-state index contributed by atoms with van der Waals surface area (Å²) < 4.78 is 1.83. The Balaban J connectivity index is 1.80. The average molecular weight is 300 g/mol. The summed E-state index contributed by atoms with van der Waals surface area (Å²) in [6.45, 7) is 2.15. The van der Waals surface area contributed by atoms with E-state index in [-0.39, 0.29) is 0 Å². The van der Waals surface area contributed by atoms with Gasteiger partial charge in [-0.1, -0.05) is 42.5 Å². The second-order valence-corrected chi connectivity index (χ2v) is 5.47. The predicted molar refractivity (Wildman–Crippen MR) is 91.5 cm³/mol. The van der Waals surface area contributed by atoms with E-state index in [0.29, 0.717) is 0 Å². The molecule has 0 bridgehead atoms. The number of rotatable bonds is 3. The van der Waals surface area contributed by atoms with Crippen molar-refractivity contribution in [3.05, 3.63) is 72.7 Å². The van der Waals surface area contributed by atoms with E-state index in [9.17, 15) is 0 Å². The fourth-order valence-corrected chi connectivity index (χ4v) is 2.78. The molecular weight excluding hydrogens is 284 g/mol. The summed E-state index contributed by atoms with van der Waals surface area (Å²) in [6.07, 6.45) is 6.66. The Morgan fingerprint density at radius 1 is 1.04 bits per heavy atom. The summed E-state index contributed by atoms with van der Waals surface area (Å²) in [5.74, 6) is 0. The largest absolute Gasteiger partial charge is 0.264 e. The minimum atomic E-state index is 0.865. The number of aryl methyl sites for hydroxylation is 1. The van der Waals surface area contributed by atoms with Crippen LogP contribution in [0.25, 0.3) is 27.7 Å². The maximum atomic E-state index is 4.36. The van der Waals surface area contributed by atoms with Gasteiger partial charge in [0.2, 0.25) is 0 Å². The van der Waals surface area contributed by atoms with Gasteiger partial charge >= 0.3 is 0 Å². The molecule has 112 valence electrons. The Bertz CT molecular complexity index is 966. The lowest BCUT2D eigenvalue weighted by Gasteiger charge is -2.03. The zero-order valence-electron chi connectivity index (χ0n) is 12.8. The summed E-state index contributed by atoms with van der Waals surface area (Å²) in [4.78, 5) is 4.18. The summed E-state index contributed by atoms with van der Waals surface area (Å²) in [5.41, 5.74) is 4.26. The van der Waals surface area contributed by atoms with Crippen LogP contribution in [0.4, 0.5) is 0 Å². The van der Waals surface area contributed by atoms with Gasteiger partial charge in [0.15, 0.2) is 0 Å². The number of fused-ring (bicyclic) bond motifs is 1. The van der Waals surface area contributed by atoms with Crippen molar-refractivity contribution < 1.29 is 0 Å². The van der Waals surface area contributed by atoms with Crippen molar-refractivity contribution in [2.75, 3.05) is 0 Å². The molecule has 4 rings (SSSR count). The fraction of sp³-hybridized carbons (Fsp3) is 0.105. The molecule has 2 aromatic carbocycles. The topological polar surface area (TPSA) is 43.6 Å². The van der Waals surface area contributed by atoms with E-state index in [2.05, 4.69) is 52.6 Å². The molecule has 0 N–H and O–H groups in total. The van der Waals surface area contributed by atoms with Crippen LogP contribution in [0.3, 0.4) is 0 Å². The smallest absolute Gasteiger partial charge is 0.114 e. The monoisotopic (exact) mass is 300 g/mol. The fourth-order valence-electron chi connectivity index (χ4n) is 2.78. The van der Waals surface area contributed by atoms with Crippen LogP contribution in [0, 0.1) is 0 Å². The summed E-state index contributed by atoms with van der Waals surface area (Å²) in [6, 6.07) is 16.5. The molecule has 0 radical (unpaired) electrons. The van der Waals surface area contributed by atoms with Gasteiger partial charge in [-0.15, -0.1) is 5.10 Å². The third kappa shape index (κ3) is 2.48. The van der Waals surface area contributed by atoms with Crippen LogP contribution in [0.2, 0.25) is 0 Å². The van der Waals surface area contributed by atoms with E-state index in [0.717, 1.165) is 34.1 Å². The molecule has 2 aromatic heterocycles. The Morgan fingerprint density at radius 3 is 2.87 bits per heavy atom. The van der Waals surface area contributed by atoms with Crippen LogP contribution in [0.15, 0.2) is 67.1 Å². The molecular formula is C19H16N4. The molecule has 0 aliphatic heterocycles. The molecule has 23 heavy (non-hydrogen) atoms. The molecule has 0 unspecified atom stereocenters. The molecule has 0 fully saturated rings. The Morgan fingerprint density at radius 2 is 1.96 bits per heavy atom. The molecule has 0 aliphatic carbocycles. The summed E-state index contributed by atoms with van der Waals surface area (Å²) >= 11 is 0. The zero-order valence-corrected chi connectivity index (χ0v) is 12.8. The number of hydrogen-bond donors (Lipinski definition) is 0. The number of nitrogens with zero attached hydrogens (tertiary/aromatic N) is 4. The van der Waals surface area contributed by atoms with E-state index in [1.165, 1.54) is 5.56 Å². The Labute approximate surface area is 134 Å². The van der Waals surface area contributed by atoms with Crippen molar-refractivity contribution in [2.45, 2.75) is 13.3 Å². The molecule has 0 aliphatic rings. The summed E-state index contributed by atoms with van der Waals surface area (Å²) in [7, 11) is 0. The predicted octanol–water partition coefficient (Wildman–Crippen LogP) is 4.04. The SMILES string of the molecule is CCc1cccc(-n2cc(-c3cccc4cnccc34)nn2)c1. The molecule has 0 atom stereocenters. The van der Waals surface area contributed by atoms with Crippen LogP contribution in [0.5, 0.6) is 0 Å². The molecule has 0 saturated carbocycles. The molecule has 2 heterocycles. The molecule has 0 amide bonds. The van der Waals surface area contributed by atoms with Gasteiger partial charge in [0.05, 0.1) is 11.9 Å². The zero-order chi connectivity index (χ0) is 15.6. The van der Waals surface area contributed by atoms with Crippen molar-refractivity contribution >= 4 is 10.8 Å². The van der Waals surface area contributed by atoms with Gasteiger partial charge in [0, 0.05) is 23.3 Å². The van der Waals surface area contributed by atoms with Gasteiger partial charge in [0.25, 0.3) is 0 Å². The molecule has 4 aromatic rings. The van der Waals surface area contributed by atoms with Gasteiger partial charge in [-0.2, -0.15) is 0 Å². The van der Waals surface area contributed by atoms with Gasteiger partial charge in [0.1, 0.15) is 5.69 Å². The standard InChI is InChI=1S/C19H16N4/c1-2-14-5-3-7-16(11-14)23-13-19(21-22-23)18-8-4-6-15-12-20-10-9-17(15)18/h3-13H,2H2,1H3. The number of benzene rings is 2. The van der Waals surface area contributed by atoms with E-state index >= 15 is 0 Å². The van der Waals surface area contributed by atoms with Gasteiger partial charge in [-0.05, 0) is 35.6 Å². The first-order valence-electron chi connectivity index (χ1n) is 7.70. The van der Waals surface area contributed by atoms with Gasteiger partial charge < -0.3 is 0 Å². The van der Waals surface area contributed by atoms with Crippen molar-refractivity contribution in [3.8, 4) is 16.9 Å². The second kappa shape index (κ2) is 5.65. The van der Waals surface area contributed by atoms with Crippen LogP contribution >= 0.6 is 0 Å². The third-order valence-corrected chi connectivity index (χ3v) is 4.03.